The molecule has 1 aliphatic rings. The Kier molecular flexibility index (Phi) is 4.03. The molecular formula is C15H23NS. The average Bonchev–Trinajstić information content (AvgIpc) is 2.28. The Bertz CT molecular complexity index is 387. The topological polar surface area (TPSA) is 3.24 Å². The van der Waals surface area contributed by atoms with E-state index in [0.29, 0.717) is 5.92 Å². The van der Waals surface area contributed by atoms with E-state index in [1.807, 2.05) is 0 Å². The van der Waals surface area contributed by atoms with Crippen LogP contribution < -0.4 is 4.90 Å². The molecule has 0 spiro atoms. The van der Waals surface area contributed by atoms with E-state index in [2.05, 4.69) is 62.6 Å². The molecule has 0 aromatic heterocycles. The van der Waals surface area contributed by atoms with Gasteiger partial charge in [-0.1, -0.05) is 32.9 Å². The lowest BCUT2D eigenvalue weighted by molar-refractivity contribution is 0.625. The van der Waals surface area contributed by atoms with Crippen LogP contribution in [-0.4, -0.2) is 18.2 Å². The third-order valence-corrected chi connectivity index (χ3v) is 4.63. The zero-order valence-corrected chi connectivity index (χ0v) is 12.2. The SMILES string of the molecule is Cc1ccc(C(C)C)c(N2CSCC(C)C2)c1. The number of hydrogen-bond acceptors (Lipinski definition) is 2. The second-order valence-corrected chi connectivity index (χ2v) is 6.54. The van der Waals surface area contributed by atoms with E-state index in [9.17, 15) is 0 Å². The Morgan fingerprint density at radius 1 is 1.35 bits per heavy atom. The second kappa shape index (κ2) is 5.34. The third kappa shape index (κ3) is 2.98. The summed E-state index contributed by atoms with van der Waals surface area (Å²) in [6.07, 6.45) is 0. The van der Waals surface area contributed by atoms with Crippen molar-refractivity contribution < 1.29 is 0 Å². The van der Waals surface area contributed by atoms with Crippen molar-refractivity contribution in [3.63, 3.8) is 0 Å². The second-order valence-electron chi connectivity index (χ2n) is 5.54. The molecule has 1 unspecified atom stereocenters. The predicted octanol–water partition coefficient (Wildman–Crippen LogP) is 4.27. The fraction of sp³-hybridized carbons (Fsp3) is 0.600. The lowest BCUT2D eigenvalue weighted by Crippen LogP contribution is -2.34. The lowest BCUT2D eigenvalue weighted by atomic mass is 9.98. The molecule has 0 bridgehead atoms. The van der Waals surface area contributed by atoms with Crippen LogP contribution in [0.1, 0.15) is 37.8 Å². The first-order valence-electron chi connectivity index (χ1n) is 6.51. The first-order chi connectivity index (χ1) is 8.08. The Hall–Kier alpha value is -0.630. The highest BCUT2D eigenvalue weighted by Crippen LogP contribution is 2.32. The molecule has 1 atom stereocenters. The van der Waals surface area contributed by atoms with Gasteiger partial charge >= 0.3 is 0 Å². The Morgan fingerprint density at radius 3 is 2.76 bits per heavy atom. The molecule has 94 valence electrons. The van der Waals surface area contributed by atoms with Crippen molar-refractivity contribution in [3.8, 4) is 0 Å². The summed E-state index contributed by atoms with van der Waals surface area (Å²) in [4.78, 5) is 2.56. The van der Waals surface area contributed by atoms with Crippen LogP contribution in [0.5, 0.6) is 0 Å². The van der Waals surface area contributed by atoms with Crippen molar-refractivity contribution >= 4 is 17.4 Å². The molecule has 0 radical (unpaired) electrons. The van der Waals surface area contributed by atoms with Crippen molar-refractivity contribution in [3.05, 3.63) is 29.3 Å². The maximum Gasteiger partial charge on any atom is 0.0639 e. The van der Waals surface area contributed by atoms with Crippen LogP contribution in [-0.2, 0) is 0 Å². The number of aryl methyl sites for hydroxylation is 1. The minimum atomic E-state index is 0.604. The van der Waals surface area contributed by atoms with Crippen molar-refractivity contribution in [1.82, 2.24) is 0 Å². The van der Waals surface area contributed by atoms with Gasteiger partial charge in [0, 0.05) is 12.2 Å². The molecule has 1 fully saturated rings. The quantitative estimate of drug-likeness (QED) is 0.770. The Morgan fingerprint density at radius 2 is 2.12 bits per heavy atom. The molecular weight excluding hydrogens is 226 g/mol. The number of benzene rings is 1. The van der Waals surface area contributed by atoms with E-state index >= 15 is 0 Å². The predicted molar refractivity (Wildman–Crippen MR) is 79.1 cm³/mol. The van der Waals surface area contributed by atoms with E-state index < -0.39 is 0 Å². The molecule has 1 aromatic rings. The molecule has 17 heavy (non-hydrogen) atoms. The number of rotatable bonds is 2. The summed E-state index contributed by atoms with van der Waals surface area (Å²) < 4.78 is 0. The number of anilines is 1. The molecule has 0 N–H and O–H groups in total. The van der Waals surface area contributed by atoms with Gasteiger partial charge in [-0.05, 0) is 41.7 Å². The van der Waals surface area contributed by atoms with E-state index in [1.165, 1.54) is 29.1 Å². The number of thioether (sulfide) groups is 1. The summed E-state index contributed by atoms with van der Waals surface area (Å²) >= 11 is 2.06. The van der Waals surface area contributed by atoms with Gasteiger partial charge < -0.3 is 4.90 Å². The first kappa shape index (κ1) is 12.8. The van der Waals surface area contributed by atoms with E-state index in [-0.39, 0.29) is 0 Å². The van der Waals surface area contributed by atoms with Crippen LogP contribution in [0, 0.1) is 12.8 Å². The van der Waals surface area contributed by atoms with Crippen LogP contribution in [0.15, 0.2) is 18.2 Å². The molecule has 1 nitrogen and oxygen atoms in total. The summed E-state index contributed by atoms with van der Waals surface area (Å²) in [6.45, 7) is 10.3. The van der Waals surface area contributed by atoms with Gasteiger partial charge in [-0.2, -0.15) is 0 Å². The van der Waals surface area contributed by atoms with Crippen molar-refractivity contribution in [1.29, 1.82) is 0 Å². The first-order valence-corrected chi connectivity index (χ1v) is 7.66. The zero-order valence-electron chi connectivity index (χ0n) is 11.4. The zero-order chi connectivity index (χ0) is 12.4. The monoisotopic (exact) mass is 249 g/mol. The number of hydrogen-bond donors (Lipinski definition) is 0. The van der Waals surface area contributed by atoms with Crippen LogP contribution in [0.4, 0.5) is 5.69 Å². The summed E-state index contributed by atoms with van der Waals surface area (Å²) in [5, 5.41) is 0. The smallest absolute Gasteiger partial charge is 0.0639 e. The summed E-state index contributed by atoms with van der Waals surface area (Å²) in [6, 6.07) is 6.90. The van der Waals surface area contributed by atoms with Gasteiger partial charge in [0.15, 0.2) is 0 Å². The molecule has 1 aliphatic heterocycles. The molecule has 1 saturated heterocycles. The van der Waals surface area contributed by atoms with E-state index in [1.54, 1.807) is 0 Å². The molecule has 0 saturated carbocycles. The summed E-state index contributed by atoms with van der Waals surface area (Å²) in [7, 11) is 0. The minimum absolute atomic E-state index is 0.604. The van der Waals surface area contributed by atoms with E-state index in [0.717, 1.165) is 11.8 Å². The average molecular weight is 249 g/mol. The molecule has 1 aromatic carbocycles. The van der Waals surface area contributed by atoms with Gasteiger partial charge in [-0.25, -0.2) is 0 Å². The van der Waals surface area contributed by atoms with Gasteiger partial charge in [0.05, 0.1) is 5.88 Å². The largest absolute Gasteiger partial charge is 0.362 e. The fourth-order valence-electron chi connectivity index (χ4n) is 2.43. The Balaban J connectivity index is 2.32. The molecule has 1 heterocycles. The highest BCUT2D eigenvalue weighted by molar-refractivity contribution is 7.99. The standard InChI is InChI=1S/C15H23NS/c1-11(2)14-6-5-12(3)7-15(14)16-8-13(4)9-17-10-16/h5-7,11,13H,8-10H2,1-4H3. The summed E-state index contributed by atoms with van der Waals surface area (Å²) in [5.41, 5.74) is 4.32. The maximum absolute atomic E-state index is 2.56. The molecule has 0 aliphatic carbocycles. The number of nitrogens with zero attached hydrogens (tertiary/aromatic N) is 1. The van der Waals surface area contributed by atoms with Crippen LogP contribution in [0.2, 0.25) is 0 Å². The fourth-order valence-corrected chi connectivity index (χ4v) is 3.51. The van der Waals surface area contributed by atoms with Gasteiger partial charge in [0.2, 0.25) is 0 Å². The molecule has 0 amide bonds. The molecule has 2 heteroatoms. The van der Waals surface area contributed by atoms with Gasteiger partial charge in [-0.15, -0.1) is 11.8 Å². The Labute approximate surface area is 110 Å². The highest BCUT2D eigenvalue weighted by atomic mass is 32.2. The maximum atomic E-state index is 2.56. The van der Waals surface area contributed by atoms with Crippen molar-refractivity contribution in [2.75, 3.05) is 23.1 Å². The lowest BCUT2D eigenvalue weighted by Gasteiger charge is -2.34. The van der Waals surface area contributed by atoms with Gasteiger partial charge in [-0.3, -0.25) is 0 Å². The minimum Gasteiger partial charge on any atom is -0.362 e. The normalized spacial score (nSPS) is 21.0. The van der Waals surface area contributed by atoms with Gasteiger partial charge in [0.25, 0.3) is 0 Å². The third-order valence-electron chi connectivity index (χ3n) is 3.33. The van der Waals surface area contributed by atoms with Crippen LogP contribution in [0.25, 0.3) is 0 Å². The van der Waals surface area contributed by atoms with Crippen molar-refractivity contribution in [2.24, 2.45) is 5.92 Å². The van der Waals surface area contributed by atoms with Gasteiger partial charge in [0.1, 0.15) is 0 Å². The van der Waals surface area contributed by atoms with E-state index in [4.69, 9.17) is 0 Å². The summed E-state index contributed by atoms with van der Waals surface area (Å²) in [5.74, 6) is 3.86. The van der Waals surface area contributed by atoms with Crippen LogP contribution in [0.3, 0.4) is 0 Å². The van der Waals surface area contributed by atoms with Crippen LogP contribution >= 0.6 is 11.8 Å². The highest BCUT2D eigenvalue weighted by Gasteiger charge is 2.20. The molecule has 2 rings (SSSR count). The van der Waals surface area contributed by atoms with Crippen molar-refractivity contribution in [2.45, 2.75) is 33.6 Å².